The van der Waals surface area contributed by atoms with Gasteiger partial charge in [-0.3, -0.25) is 0 Å². The highest BCUT2D eigenvalue weighted by molar-refractivity contribution is 5.14. The summed E-state index contributed by atoms with van der Waals surface area (Å²) in [5, 5.41) is 9.89. The molecule has 1 rings (SSSR count). The van der Waals surface area contributed by atoms with Crippen LogP contribution in [0.15, 0.2) is 16.7 Å². The zero-order valence-corrected chi connectivity index (χ0v) is 8.37. The molecule has 1 unspecified atom stereocenters. The predicted octanol–water partition coefficient (Wildman–Crippen LogP) is 1.61. The molecule has 0 aliphatic carbocycles. The van der Waals surface area contributed by atoms with Gasteiger partial charge < -0.3 is 15.3 Å². The number of hydrogen-bond donors (Lipinski definition) is 2. The van der Waals surface area contributed by atoms with E-state index in [4.69, 9.17) is 10.2 Å². The van der Waals surface area contributed by atoms with Crippen LogP contribution in [0.3, 0.4) is 0 Å². The molecule has 1 heterocycles. The fraction of sp³-hybridized carbons (Fsp3) is 0.600. The van der Waals surface area contributed by atoms with Crippen LogP contribution < -0.4 is 5.73 Å². The number of aliphatic hydroxyl groups excluding tert-OH is 1. The topological polar surface area (TPSA) is 59.4 Å². The number of rotatable bonds is 3. The lowest BCUT2D eigenvalue weighted by atomic mass is 9.85. The summed E-state index contributed by atoms with van der Waals surface area (Å²) in [7, 11) is 0. The first-order valence-corrected chi connectivity index (χ1v) is 4.40. The molecule has 0 bridgehead atoms. The SMILES string of the molecule is Cc1coc(C(O)C(C)(C)CN)c1. The van der Waals surface area contributed by atoms with Gasteiger partial charge in [0, 0.05) is 12.0 Å². The maximum atomic E-state index is 9.89. The fourth-order valence-electron chi connectivity index (χ4n) is 1.09. The third-order valence-electron chi connectivity index (χ3n) is 2.29. The third kappa shape index (κ3) is 2.11. The second-order valence-corrected chi connectivity index (χ2v) is 4.12. The molecule has 74 valence electrons. The van der Waals surface area contributed by atoms with Crippen LogP contribution >= 0.6 is 0 Å². The zero-order valence-electron chi connectivity index (χ0n) is 8.37. The third-order valence-corrected chi connectivity index (χ3v) is 2.29. The van der Waals surface area contributed by atoms with E-state index >= 15 is 0 Å². The van der Waals surface area contributed by atoms with Gasteiger partial charge in [-0.15, -0.1) is 0 Å². The minimum absolute atomic E-state index is 0.343. The van der Waals surface area contributed by atoms with E-state index in [-0.39, 0.29) is 5.41 Å². The summed E-state index contributed by atoms with van der Waals surface area (Å²) >= 11 is 0. The summed E-state index contributed by atoms with van der Waals surface area (Å²) in [6.45, 7) is 6.17. The van der Waals surface area contributed by atoms with Crippen molar-refractivity contribution >= 4 is 0 Å². The van der Waals surface area contributed by atoms with E-state index in [0.717, 1.165) is 5.56 Å². The number of furan rings is 1. The van der Waals surface area contributed by atoms with Crippen molar-refractivity contribution in [2.75, 3.05) is 6.54 Å². The van der Waals surface area contributed by atoms with E-state index < -0.39 is 6.10 Å². The number of nitrogens with two attached hydrogens (primary N) is 1. The molecule has 0 radical (unpaired) electrons. The molecule has 0 saturated heterocycles. The van der Waals surface area contributed by atoms with Gasteiger partial charge in [-0.25, -0.2) is 0 Å². The Bertz CT molecular complexity index is 278. The molecule has 0 aliphatic rings. The number of hydrogen-bond acceptors (Lipinski definition) is 3. The molecule has 1 aromatic rings. The van der Waals surface area contributed by atoms with E-state index in [1.807, 2.05) is 26.8 Å². The van der Waals surface area contributed by atoms with E-state index in [1.165, 1.54) is 0 Å². The first-order chi connectivity index (χ1) is 5.97. The molecule has 3 heteroatoms. The Labute approximate surface area is 78.5 Å². The van der Waals surface area contributed by atoms with Crippen molar-refractivity contribution in [2.45, 2.75) is 26.9 Å². The second-order valence-electron chi connectivity index (χ2n) is 4.12. The molecule has 3 N–H and O–H groups in total. The maximum absolute atomic E-state index is 9.89. The van der Waals surface area contributed by atoms with Crippen LogP contribution in [-0.4, -0.2) is 11.7 Å². The van der Waals surface area contributed by atoms with Crippen molar-refractivity contribution in [3.8, 4) is 0 Å². The Morgan fingerprint density at radius 1 is 1.62 bits per heavy atom. The van der Waals surface area contributed by atoms with Gasteiger partial charge >= 0.3 is 0 Å². The van der Waals surface area contributed by atoms with Crippen LogP contribution in [0.2, 0.25) is 0 Å². The highest BCUT2D eigenvalue weighted by atomic mass is 16.4. The molecular weight excluding hydrogens is 166 g/mol. The lowest BCUT2D eigenvalue weighted by Crippen LogP contribution is -2.30. The smallest absolute Gasteiger partial charge is 0.133 e. The number of aliphatic hydroxyl groups is 1. The Morgan fingerprint density at radius 2 is 2.23 bits per heavy atom. The minimum Gasteiger partial charge on any atom is -0.466 e. The Balaban J connectivity index is 2.84. The van der Waals surface area contributed by atoms with E-state index in [1.54, 1.807) is 6.26 Å². The predicted molar refractivity (Wildman–Crippen MR) is 51.2 cm³/mol. The van der Waals surface area contributed by atoms with Crippen molar-refractivity contribution in [1.82, 2.24) is 0 Å². The summed E-state index contributed by atoms with van der Waals surface area (Å²) in [5.41, 5.74) is 6.22. The molecule has 13 heavy (non-hydrogen) atoms. The van der Waals surface area contributed by atoms with Gasteiger partial charge in [0.15, 0.2) is 0 Å². The molecule has 0 amide bonds. The van der Waals surface area contributed by atoms with Gasteiger partial charge in [0.25, 0.3) is 0 Å². The molecule has 0 fully saturated rings. The second kappa shape index (κ2) is 3.52. The van der Waals surface area contributed by atoms with Gasteiger partial charge in [-0.1, -0.05) is 13.8 Å². The summed E-state index contributed by atoms with van der Waals surface area (Å²) in [6, 6.07) is 1.84. The average molecular weight is 183 g/mol. The molecule has 1 atom stereocenters. The van der Waals surface area contributed by atoms with Gasteiger partial charge in [0.1, 0.15) is 11.9 Å². The molecular formula is C10H17NO2. The van der Waals surface area contributed by atoms with Crippen LogP contribution in [-0.2, 0) is 0 Å². The molecule has 3 nitrogen and oxygen atoms in total. The van der Waals surface area contributed by atoms with Gasteiger partial charge in [0.2, 0.25) is 0 Å². The van der Waals surface area contributed by atoms with Gasteiger partial charge in [0.05, 0.1) is 6.26 Å². The molecule has 1 aromatic heterocycles. The van der Waals surface area contributed by atoms with Crippen LogP contribution in [0.4, 0.5) is 0 Å². The average Bonchev–Trinajstić information content (AvgIpc) is 2.50. The fourth-order valence-corrected chi connectivity index (χ4v) is 1.09. The maximum Gasteiger partial charge on any atom is 0.133 e. The first kappa shape index (κ1) is 10.3. The summed E-state index contributed by atoms with van der Waals surface area (Å²) < 4.78 is 5.21. The monoisotopic (exact) mass is 183 g/mol. The quantitative estimate of drug-likeness (QED) is 0.748. The molecule has 0 saturated carbocycles. The largest absolute Gasteiger partial charge is 0.466 e. The lowest BCUT2D eigenvalue weighted by Gasteiger charge is -2.27. The van der Waals surface area contributed by atoms with Crippen molar-refractivity contribution in [1.29, 1.82) is 0 Å². The Morgan fingerprint density at radius 3 is 2.62 bits per heavy atom. The van der Waals surface area contributed by atoms with E-state index in [9.17, 15) is 5.11 Å². The Kier molecular flexibility index (Phi) is 2.78. The lowest BCUT2D eigenvalue weighted by molar-refractivity contribution is 0.0370. The zero-order chi connectivity index (χ0) is 10.1. The summed E-state index contributed by atoms with van der Waals surface area (Å²) in [6.07, 6.45) is 0.997. The normalized spacial score (nSPS) is 14.5. The van der Waals surface area contributed by atoms with E-state index in [0.29, 0.717) is 12.3 Å². The van der Waals surface area contributed by atoms with Gasteiger partial charge in [-0.05, 0) is 18.6 Å². The highest BCUT2D eigenvalue weighted by Gasteiger charge is 2.29. The van der Waals surface area contributed by atoms with Crippen LogP contribution in [0, 0.1) is 12.3 Å². The summed E-state index contributed by atoms with van der Waals surface area (Å²) in [5.74, 6) is 0.591. The van der Waals surface area contributed by atoms with E-state index in [2.05, 4.69) is 0 Å². The van der Waals surface area contributed by atoms with Crippen molar-refractivity contribution in [3.63, 3.8) is 0 Å². The highest BCUT2D eigenvalue weighted by Crippen LogP contribution is 2.32. The molecule has 0 aliphatic heterocycles. The Hall–Kier alpha value is -0.800. The van der Waals surface area contributed by atoms with Gasteiger partial charge in [-0.2, -0.15) is 0 Å². The van der Waals surface area contributed by atoms with Crippen LogP contribution in [0.1, 0.15) is 31.3 Å². The molecule has 0 aromatic carbocycles. The standard InChI is InChI=1S/C10H17NO2/c1-7-4-8(13-5-7)9(12)10(2,3)6-11/h4-5,9,12H,6,11H2,1-3H3. The minimum atomic E-state index is -0.633. The van der Waals surface area contributed by atoms with Crippen molar-refractivity contribution < 1.29 is 9.52 Å². The van der Waals surface area contributed by atoms with Crippen LogP contribution in [0.5, 0.6) is 0 Å². The van der Waals surface area contributed by atoms with Crippen LogP contribution in [0.25, 0.3) is 0 Å². The van der Waals surface area contributed by atoms with Crippen molar-refractivity contribution in [3.05, 3.63) is 23.7 Å². The molecule has 0 spiro atoms. The summed E-state index contributed by atoms with van der Waals surface area (Å²) in [4.78, 5) is 0. The number of aryl methyl sites for hydroxylation is 1. The van der Waals surface area contributed by atoms with Crippen molar-refractivity contribution in [2.24, 2.45) is 11.1 Å². The first-order valence-electron chi connectivity index (χ1n) is 4.40.